The molecule has 1 fully saturated rings. The fourth-order valence-corrected chi connectivity index (χ4v) is 3.20. The standard InChI is InChI=1S/C20H25FN4O/c1-2-3-11-23-20(26)16-5-4-13-25(14-16)18-10-12-22-19(24-18)15-6-8-17(21)9-7-15/h6-10,12,16H,2-5,11,13-14H2,1H3,(H,23,26)/t16-/m1/s1. The Hall–Kier alpha value is -2.50. The number of rotatable bonds is 6. The summed E-state index contributed by atoms with van der Waals surface area (Å²) >= 11 is 0. The number of hydrogen-bond acceptors (Lipinski definition) is 4. The number of aromatic nitrogens is 2. The van der Waals surface area contributed by atoms with Crippen LogP contribution in [0.15, 0.2) is 36.5 Å². The lowest BCUT2D eigenvalue weighted by molar-refractivity contribution is -0.125. The molecule has 2 heterocycles. The molecule has 138 valence electrons. The lowest BCUT2D eigenvalue weighted by atomic mass is 9.97. The quantitative estimate of drug-likeness (QED) is 0.806. The van der Waals surface area contributed by atoms with Crippen molar-refractivity contribution in [2.45, 2.75) is 32.6 Å². The van der Waals surface area contributed by atoms with E-state index in [0.29, 0.717) is 12.4 Å². The molecule has 0 radical (unpaired) electrons. The third kappa shape index (κ3) is 4.56. The number of carbonyl (C=O) groups excluding carboxylic acids is 1. The summed E-state index contributed by atoms with van der Waals surface area (Å²) in [5.41, 5.74) is 0.777. The average Bonchev–Trinajstić information content (AvgIpc) is 2.69. The van der Waals surface area contributed by atoms with Crippen molar-refractivity contribution < 1.29 is 9.18 Å². The van der Waals surface area contributed by atoms with Crippen molar-refractivity contribution in [1.29, 1.82) is 0 Å². The van der Waals surface area contributed by atoms with E-state index in [4.69, 9.17) is 0 Å². The Labute approximate surface area is 153 Å². The Bertz CT molecular complexity index is 735. The molecule has 5 nitrogen and oxygen atoms in total. The smallest absolute Gasteiger partial charge is 0.224 e. The van der Waals surface area contributed by atoms with Gasteiger partial charge in [0.05, 0.1) is 5.92 Å². The minimum atomic E-state index is -0.280. The van der Waals surface area contributed by atoms with E-state index in [9.17, 15) is 9.18 Å². The van der Waals surface area contributed by atoms with E-state index in [2.05, 4.69) is 27.1 Å². The molecule has 1 aromatic heterocycles. The second-order valence-electron chi connectivity index (χ2n) is 6.68. The molecule has 3 rings (SSSR count). The summed E-state index contributed by atoms with van der Waals surface area (Å²) in [6.07, 6.45) is 5.66. The highest BCUT2D eigenvalue weighted by Gasteiger charge is 2.26. The first-order chi connectivity index (χ1) is 12.7. The predicted molar refractivity (Wildman–Crippen MR) is 100 cm³/mol. The molecule has 26 heavy (non-hydrogen) atoms. The number of nitrogens with zero attached hydrogens (tertiary/aromatic N) is 3. The van der Waals surface area contributed by atoms with Crippen LogP contribution in [0.5, 0.6) is 0 Å². The van der Waals surface area contributed by atoms with E-state index < -0.39 is 0 Å². The number of carbonyl (C=O) groups is 1. The Morgan fingerprint density at radius 1 is 1.31 bits per heavy atom. The Kier molecular flexibility index (Phi) is 6.15. The number of piperidine rings is 1. The van der Waals surface area contributed by atoms with Gasteiger partial charge in [0.1, 0.15) is 11.6 Å². The van der Waals surface area contributed by atoms with Crippen molar-refractivity contribution in [3.05, 3.63) is 42.3 Å². The first-order valence-corrected chi connectivity index (χ1v) is 9.29. The van der Waals surface area contributed by atoms with Gasteiger partial charge < -0.3 is 10.2 Å². The third-order valence-electron chi connectivity index (χ3n) is 4.69. The molecule has 2 aromatic rings. The van der Waals surface area contributed by atoms with Gasteiger partial charge in [0, 0.05) is 31.4 Å². The van der Waals surface area contributed by atoms with Crippen LogP contribution in [0, 0.1) is 11.7 Å². The molecule has 1 aromatic carbocycles. The molecule has 1 amide bonds. The second-order valence-corrected chi connectivity index (χ2v) is 6.68. The van der Waals surface area contributed by atoms with Crippen LogP contribution in [-0.2, 0) is 4.79 Å². The molecular formula is C20H25FN4O. The van der Waals surface area contributed by atoms with Crippen LogP contribution in [0.4, 0.5) is 10.2 Å². The summed E-state index contributed by atoms with van der Waals surface area (Å²) < 4.78 is 13.1. The van der Waals surface area contributed by atoms with Gasteiger partial charge in [-0.25, -0.2) is 14.4 Å². The van der Waals surface area contributed by atoms with Crippen LogP contribution in [0.1, 0.15) is 32.6 Å². The monoisotopic (exact) mass is 356 g/mol. The maximum absolute atomic E-state index is 13.1. The summed E-state index contributed by atoms with van der Waals surface area (Å²) in [6, 6.07) is 8.03. The van der Waals surface area contributed by atoms with Crippen LogP contribution < -0.4 is 10.2 Å². The molecule has 0 unspecified atom stereocenters. The summed E-state index contributed by atoms with van der Waals surface area (Å²) in [6.45, 7) is 4.40. The summed E-state index contributed by atoms with van der Waals surface area (Å²) in [5.74, 6) is 1.22. The number of halogens is 1. The van der Waals surface area contributed by atoms with E-state index in [1.54, 1.807) is 18.3 Å². The Balaban J connectivity index is 1.69. The first kappa shape index (κ1) is 18.3. The van der Waals surface area contributed by atoms with Gasteiger partial charge in [0.2, 0.25) is 5.91 Å². The number of amides is 1. The van der Waals surface area contributed by atoms with Crippen LogP contribution in [0.3, 0.4) is 0 Å². The van der Waals surface area contributed by atoms with Crippen molar-refractivity contribution in [1.82, 2.24) is 15.3 Å². The highest BCUT2D eigenvalue weighted by atomic mass is 19.1. The molecule has 1 N–H and O–H groups in total. The minimum Gasteiger partial charge on any atom is -0.356 e. The van der Waals surface area contributed by atoms with Gasteiger partial charge in [-0.3, -0.25) is 4.79 Å². The molecule has 0 spiro atoms. The lowest BCUT2D eigenvalue weighted by Crippen LogP contribution is -2.43. The molecule has 0 aliphatic carbocycles. The van der Waals surface area contributed by atoms with Crippen molar-refractivity contribution >= 4 is 11.7 Å². The maximum Gasteiger partial charge on any atom is 0.224 e. The number of benzene rings is 1. The van der Waals surface area contributed by atoms with Crippen LogP contribution in [0.25, 0.3) is 11.4 Å². The molecule has 1 atom stereocenters. The summed E-state index contributed by atoms with van der Waals surface area (Å²) in [5, 5.41) is 3.03. The molecule has 1 aliphatic rings. The zero-order valence-corrected chi connectivity index (χ0v) is 15.1. The number of hydrogen-bond donors (Lipinski definition) is 1. The topological polar surface area (TPSA) is 58.1 Å². The van der Waals surface area contributed by atoms with Gasteiger partial charge in [-0.05, 0) is 49.6 Å². The van der Waals surface area contributed by atoms with Gasteiger partial charge in [-0.2, -0.15) is 0 Å². The van der Waals surface area contributed by atoms with E-state index in [1.807, 2.05) is 6.07 Å². The molecule has 1 aliphatic heterocycles. The van der Waals surface area contributed by atoms with E-state index in [-0.39, 0.29) is 17.6 Å². The summed E-state index contributed by atoms with van der Waals surface area (Å²) in [4.78, 5) is 23.4. The van der Waals surface area contributed by atoms with Crippen molar-refractivity contribution in [2.75, 3.05) is 24.5 Å². The van der Waals surface area contributed by atoms with Gasteiger partial charge in [-0.1, -0.05) is 13.3 Å². The Morgan fingerprint density at radius 3 is 2.88 bits per heavy atom. The van der Waals surface area contributed by atoms with Crippen LogP contribution in [0.2, 0.25) is 0 Å². The minimum absolute atomic E-state index is 0.00941. The van der Waals surface area contributed by atoms with Crippen molar-refractivity contribution in [2.24, 2.45) is 5.92 Å². The van der Waals surface area contributed by atoms with Gasteiger partial charge >= 0.3 is 0 Å². The zero-order valence-electron chi connectivity index (χ0n) is 15.1. The zero-order chi connectivity index (χ0) is 18.4. The highest BCUT2D eigenvalue weighted by Crippen LogP contribution is 2.24. The second kappa shape index (κ2) is 8.74. The van der Waals surface area contributed by atoms with Crippen molar-refractivity contribution in [3.8, 4) is 11.4 Å². The normalized spacial score (nSPS) is 17.2. The third-order valence-corrected chi connectivity index (χ3v) is 4.69. The highest BCUT2D eigenvalue weighted by molar-refractivity contribution is 5.79. The van der Waals surface area contributed by atoms with Crippen molar-refractivity contribution in [3.63, 3.8) is 0 Å². The van der Waals surface area contributed by atoms with Crippen LogP contribution >= 0.6 is 0 Å². The van der Waals surface area contributed by atoms with Crippen LogP contribution in [-0.4, -0.2) is 35.5 Å². The first-order valence-electron chi connectivity index (χ1n) is 9.29. The Morgan fingerprint density at radius 2 is 2.12 bits per heavy atom. The molecular weight excluding hydrogens is 331 g/mol. The number of anilines is 1. The summed E-state index contributed by atoms with van der Waals surface area (Å²) in [7, 11) is 0. The maximum atomic E-state index is 13.1. The van der Waals surface area contributed by atoms with Gasteiger partial charge in [0.25, 0.3) is 0 Å². The largest absolute Gasteiger partial charge is 0.356 e. The lowest BCUT2D eigenvalue weighted by Gasteiger charge is -2.33. The van der Waals surface area contributed by atoms with Gasteiger partial charge in [0.15, 0.2) is 5.82 Å². The fraction of sp³-hybridized carbons (Fsp3) is 0.450. The number of nitrogens with one attached hydrogen (secondary N) is 1. The number of unbranched alkanes of at least 4 members (excludes halogenated alkanes) is 1. The molecule has 6 heteroatoms. The van der Waals surface area contributed by atoms with E-state index in [0.717, 1.165) is 50.2 Å². The fourth-order valence-electron chi connectivity index (χ4n) is 3.20. The van der Waals surface area contributed by atoms with Gasteiger partial charge in [-0.15, -0.1) is 0 Å². The molecule has 1 saturated heterocycles. The molecule has 0 saturated carbocycles. The van der Waals surface area contributed by atoms with E-state index in [1.165, 1.54) is 12.1 Å². The SMILES string of the molecule is CCCCNC(=O)[C@@H]1CCCN(c2ccnc(-c3ccc(F)cc3)n2)C1. The van der Waals surface area contributed by atoms with E-state index >= 15 is 0 Å². The average molecular weight is 356 g/mol. The predicted octanol–water partition coefficient (Wildman–Crippen LogP) is 3.42. The molecule has 0 bridgehead atoms.